The van der Waals surface area contributed by atoms with Crippen LogP contribution in [0.5, 0.6) is 0 Å². The molecular weight excluding hydrogens is 376 g/mol. The largest absolute Gasteiger partial charge is 0.478 e. The molecule has 1 atom stereocenters. The molecule has 3 aromatic carbocycles. The van der Waals surface area contributed by atoms with Crippen LogP contribution in [0.3, 0.4) is 0 Å². The Morgan fingerprint density at radius 1 is 1.00 bits per heavy atom. The summed E-state index contributed by atoms with van der Waals surface area (Å²) in [4.78, 5) is 25.8. The molecule has 0 bridgehead atoms. The zero-order valence-electron chi connectivity index (χ0n) is 14.8. The summed E-state index contributed by atoms with van der Waals surface area (Å²) < 4.78 is 0. The van der Waals surface area contributed by atoms with Gasteiger partial charge in [-0.1, -0.05) is 48.0 Å². The van der Waals surface area contributed by atoms with Crippen molar-refractivity contribution in [2.45, 2.75) is 12.7 Å². The number of nitrogens with zero attached hydrogens (tertiary/aromatic N) is 1. The van der Waals surface area contributed by atoms with Crippen molar-refractivity contribution in [3.05, 3.63) is 100 Å². The Balaban J connectivity index is 1.67. The van der Waals surface area contributed by atoms with Crippen molar-refractivity contribution < 1.29 is 14.7 Å². The fourth-order valence-electron chi connectivity index (χ4n) is 3.37. The molecule has 1 aliphatic heterocycles. The highest BCUT2D eigenvalue weighted by atomic mass is 35.5. The number of anilines is 1. The molecule has 28 heavy (non-hydrogen) atoms. The van der Waals surface area contributed by atoms with Crippen LogP contribution in [0, 0.1) is 0 Å². The van der Waals surface area contributed by atoms with E-state index in [9.17, 15) is 9.59 Å². The molecular formula is C22H17ClN2O3. The van der Waals surface area contributed by atoms with Crippen molar-refractivity contribution in [3.8, 4) is 0 Å². The fourth-order valence-corrected chi connectivity index (χ4v) is 3.56. The zero-order chi connectivity index (χ0) is 19.7. The second kappa shape index (κ2) is 7.37. The number of amides is 1. The summed E-state index contributed by atoms with van der Waals surface area (Å²) in [7, 11) is 0. The number of carbonyl (C=O) groups is 2. The highest BCUT2D eigenvalue weighted by molar-refractivity contribution is 6.31. The standard InChI is InChI=1S/C22H17ClN2O3/c23-19-8-4-1-5-15(19)13-25-20(17-6-2-3-7-18(17)21(25)26)24-16-11-9-14(10-12-16)22(27)28/h1-12,20,24H,13H2,(H,27,28)/t20-/m0/s1. The second-order valence-corrected chi connectivity index (χ2v) is 6.95. The quantitative estimate of drug-likeness (QED) is 0.654. The number of fused-ring (bicyclic) bond motifs is 1. The van der Waals surface area contributed by atoms with Gasteiger partial charge in [0.1, 0.15) is 6.17 Å². The van der Waals surface area contributed by atoms with Crippen LogP contribution >= 0.6 is 11.6 Å². The molecule has 3 aromatic rings. The van der Waals surface area contributed by atoms with Crippen molar-refractivity contribution in [1.29, 1.82) is 0 Å². The Kier molecular flexibility index (Phi) is 4.75. The molecule has 2 N–H and O–H groups in total. The lowest BCUT2D eigenvalue weighted by Gasteiger charge is -2.27. The second-order valence-electron chi connectivity index (χ2n) is 6.54. The predicted octanol–water partition coefficient (Wildman–Crippen LogP) is 4.80. The number of halogens is 1. The highest BCUT2D eigenvalue weighted by Gasteiger charge is 2.36. The molecule has 5 nitrogen and oxygen atoms in total. The Morgan fingerprint density at radius 3 is 2.39 bits per heavy atom. The zero-order valence-corrected chi connectivity index (χ0v) is 15.6. The summed E-state index contributed by atoms with van der Waals surface area (Å²) in [5, 5.41) is 13.0. The van der Waals surface area contributed by atoms with Crippen LogP contribution in [0.1, 0.15) is 38.0 Å². The minimum absolute atomic E-state index is 0.0739. The predicted molar refractivity (Wildman–Crippen MR) is 108 cm³/mol. The number of carboxylic acid groups (broad SMARTS) is 1. The summed E-state index contributed by atoms with van der Waals surface area (Å²) in [6, 6.07) is 21.4. The number of rotatable bonds is 5. The number of hydrogen-bond acceptors (Lipinski definition) is 3. The van der Waals surface area contributed by atoms with Gasteiger partial charge in [-0.05, 0) is 42.0 Å². The minimum atomic E-state index is -0.978. The first-order chi connectivity index (χ1) is 13.5. The van der Waals surface area contributed by atoms with Crippen LogP contribution in [0.4, 0.5) is 5.69 Å². The Labute approximate surface area is 167 Å². The number of aromatic carboxylic acids is 1. The van der Waals surface area contributed by atoms with Gasteiger partial charge in [-0.25, -0.2) is 4.79 Å². The molecule has 0 fully saturated rings. The van der Waals surface area contributed by atoms with Crippen LogP contribution in [-0.2, 0) is 6.54 Å². The lowest BCUT2D eigenvalue weighted by atomic mass is 10.1. The lowest BCUT2D eigenvalue weighted by molar-refractivity contribution is 0.0695. The minimum Gasteiger partial charge on any atom is -0.478 e. The molecule has 6 heteroatoms. The molecule has 0 saturated heterocycles. The molecule has 1 heterocycles. The molecule has 0 unspecified atom stereocenters. The molecule has 4 rings (SSSR count). The van der Waals surface area contributed by atoms with Gasteiger partial charge in [0.25, 0.3) is 5.91 Å². The van der Waals surface area contributed by atoms with Crippen molar-refractivity contribution >= 4 is 29.2 Å². The normalized spacial score (nSPS) is 15.4. The van der Waals surface area contributed by atoms with Gasteiger partial charge in [-0.2, -0.15) is 0 Å². The van der Waals surface area contributed by atoms with Crippen LogP contribution in [0.15, 0.2) is 72.8 Å². The molecule has 1 aliphatic rings. The summed E-state index contributed by atoms with van der Waals surface area (Å²) in [5.74, 6) is -1.05. The Hall–Kier alpha value is -3.31. The average Bonchev–Trinajstić information content (AvgIpc) is 2.96. The van der Waals surface area contributed by atoms with E-state index in [0.29, 0.717) is 17.1 Å². The highest BCUT2D eigenvalue weighted by Crippen LogP contribution is 2.36. The van der Waals surface area contributed by atoms with Gasteiger partial charge in [-0.3, -0.25) is 4.79 Å². The van der Waals surface area contributed by atoms with E-state index in [2.05, 4.69) is 5.32 Å². The summed E-state index contributed by atoms with van der Waals surface area (Å²) in [5.41, 5.74) is 3.32. The first-order valence-electron chi connectivity index (χ1n) is 8.78. The van der Waals surface area contributed by atoms with E-state index in [1.807, 2.05) is 42.5 Å². The van der Waals surface area contributed by atoms with Crippen molar-refractivity contribution in [1.82, 2.24) is 4.90 Å². The monoisotopic (exact) mass is 392 g/mol. The molecule has 0 aromatic heterocycles. The number of carboxylic acids is 1. The first-order valence-corrected chi connectivity index (χ1v) is 9.15. The van der Waals surface area contributed by atoms with Crippen LogP contribution < -0.4 is 5.32 Å². The van der Waals surface area contributed by atoms with E-state index < -0.39 is 5.97 Å². The van der Waals surface area contributed by atoms with Gasteiger partial charge in [0.2, 0.25) is 0 Å². The van der Waals surface area contributed by atoms with E-state index in [4.69, 9.17) is 16.7 Å². The fraction of sp³-hybridized carbons (Fsp3) is 0.0909. The topological polar surface area (TPSA) is 69.6 Å². The van der Waals surface area contributed by atoms with Gasteiger partial charge < -0.3 is 15.3 Å². The van der Waals surface area contributed by atoms with Gasteiger partial charge in [0.05, 0.1) is 5.56 Å². The molecule has 0 radical (unpaired) electrons. The molecule has 1 amide bonds. The van der Waals surface area contributed by atoms with Crippen molar-refractivity contribution in [3.63, 3.8) is 0 Å². The van der Waals surface area contributed by atoms with Crippen LogP contribution in [0.25, 0.3) is 0 Å². The molecule has 0 aliphatic carbocycles. The van der Waals surface area contributed by atoms with Crippen LogP contribution in [0.2, 0.25) is 5.02 Å². The number of carbonyl (C=O) groups excluding carboxylic acids is 1. The summed E-state index contributed by atoms with van der Waals surface area (Å²) in [6.07, 6.45) is -0.379. The molecule has 140 valence electrons. The Morgan fingerprint density at radius 2 is 1.68 bits per heavy atom. The van der Waals surface area contributed by atoms with Crippen molar-refractivity contribution in [2.75, 3.05) is 5.32 Å². The van der Waals surface area contributed by atoms with Crippen molar-refractivity contribution in [2.24, 2.45) is 0 Å². The van der Waals surface area contributed by atoms with E-state index in [-0.39, 0.29) is 17.6 Å². The number of hydrogen-bond donors (Lipinski definition) is 2. The lowest BCUT2D eigenvalue weighted by Crippen LogP contribution is -2.32. The van der Waals surface area contributed by atoms with Gasteiger partial charge in [0.15, 0.2) is 0 Å². The molecule has 0 spiro atoms. The third-order valence-corrected chi connectivity index (χ3v) is 5.16. The van der Waals surface area contributed by atoms with E-state index in [1.165, 1.54) is 12.1 Å². The summed E-state index contributed by atoms with van der Waals surface area (Å²) in [6.45, 7) is 0.359. The Bertz CT molecular complexity index is 1050. The number of benzene rings is 3. The number of nitrogens with one attached hydrogen (secondary N) is 1. The maximum atomic E-state index is 13.0. The summed E-state index contributed by atoms with van der Waals surface area (Å²) >= 11 is 6.30. The first kappa shape index (κ1) is 18.1. The van der Waals surface area contributed by atoms with Gasteiger partial charge >= 0.3 is 5.97 Å². The smallest absolute Gasteiger partial charge is 0.335 e. The molecule has 0 saturated carbocycles. The van der Waals surface area contributed by atoms with E-state index in [0.717, 1.165) is 16.8 Å². The third-order valence-electron chi connectivity index (χ3n) is 4.79. The average molecular weight is 393 g/mol. The van der Waals surface area contributed by atoms with E-state index in [1.54, 1.807) is 23.1 Å². The SMILES string of the molecule is O=C(O)c1ccc(N[C@@H]2c3ccccc3C(=O)N2Cc2ccccc2Cl)cc1. The van der Waals surface area contributed by atoms with Gasteiger partial charge in [-0.15, -0.1) is 0 Å². The van der Waals surface area contributed by atoms with Gasteiger partial charge in [0, 0.05) is 28.4 Å². The van der Waals surface area contributed by atoms with Crippen LogP contribution in [-0.4, -0.2) is 21.9 Å². The maximum absolute atomic E-state index is 13.0. The maximum Gasteiger partial charge on any atom is 0.335 e. The third kappa shape index (κ3) is 3.32. The van der Waals surface area contributed by atoms with E-state index >= 15 is 0 Å².